The number of rotatable bonds is 2. The van der Waals surface area contributed by atoms with Crippen LogP contribution in [-0.4, -0.2) is 30.8 Å². The number of ether oxygens (including phenoxy) is 2. The molecule has 100 valence electrons. The number of nitrogens with zero attached hydrogens (tertiary/aromatic N) is 1. The van der Waals surface area contributed by atoms with Crippen LogP contribution in [0.5, 0.6) is 5.88 Å². The average molecular weight is 269 g/mol. The van der Waals surface area contributed by atoms with Crippen LogP contribution in [0.15, 0.2) is 36.1 Å². The summed E-state index contributed by atoms with van der Waals surface area (Å²) >= 11 is 0. The molecule has 0 aliphatic heterocycles. The van der Waals surface area contributed by atoms with Crippen LogP contribution in [0.1, 0.15) is 20.8 Å². The van der Waals surface area contributed by atoms with E-state index in [0.717, 1.165) is 6.08 Å². The number of aromatic nitrogens is 1. The van der Waals surface area contributed by atoms with E-state index in [9.17, 15) is 9.59 Å². The number of ketones is 2. The second-order valence-corrected chi connectivity index (χ2v) is 4.30. The fraction of sp³-hybridized carbons (Fsp3) is 0.133. The Morgan fingerprint density at radius 1 is 1.00 bits per heavy atom. The molecule has 0 amide bonds. The summed E-state index contributed by atoms with van der Waals surface area (Å²) in [4.78, 5) is 28.6. The van der Waals surface area contributed by atoms with Gasteiger partial charge in [-0.2, -0.15) is 0 Å². The van der Waals surface area contributed by atoms with Crippen molar-refractivity contribution in [3.05, 3.63) is 47.4 Å². The summed E-state index contributed by atoms with van der Waals surface area (Å²) in [5.74, 6) is -0.344. The van der Waals surface area contributed by atoms with Gasteiger partial charge in [0.25, 0.3) is 0 Å². The first kappa shape index (κ1) is 12.3. The van der Waals surface area contributed by atoms with Crippen LogP contribution in [0.4, 0.5) is 0 Å². The van der Waals surface area contributed by atoms with E-state index in [-0.39, 0.29) is 28.6 Å². The topological polar surface area (TPSA) is 65.5 Å². The van der Waals surface area contributed by atoms with Gasteiger partial charge in [-0.1, -0.05) is 18.2 Å². The summed E-state index contributed by atoms with van der Waals surface area (Å²) in [5.41, 5.74) is 0.372. The van der Waals surface area contributed by atoms with Crippen LogP contribution in [0.3, 0.4) is 0 Å². The summed E-state index contributed by atoms with van der Waals surface area (Å²) in [6.07, 6.45) is 1.16. The molecule has 0 saturated heterocycles. The maximum absolute atomic E-state index is 12.4. The molecule has 1 aromatic carbocycles. The van der Waals surface area contributed by atoms with Gasteiger partial charge in [0.1, 0.15) is 5.69 Å². The van der Waals surface area contributed by atoms with E-state index in [1.807, 2.05) is 6.07 Å². The van der Waals surface area contributed by atoms with Gasteiger partial charge < -0.3 is 9.47 Å². The molecule has 1 aliphatic rings. The van der Waals surface area contributed by atoms with Gasteiger partial charge in [0, 0.05) is 16.8 Å². The SMILES string of the molecule is COC1=CC(=O)c2nc(OC)c3ccccc3c2C1=O. The molecular weight excluding hydrogens is 258 g/mol. The summed E-state index contributed by atoms with van der Waals surface area (Å²) in [6.45, 7) is 0. The molecule has 0 unspecified atom stereocenters. The molecule has 0 fully saturated rings. The van der Waals surface area contributed by atoms with Gasteiger partial charge >= 0.3 is 0 Å². The van der Waals surface area contributed by atoms with Crippen molar-refractivity contribution >= 4 is 22.3 Å². The number of fused-ring (bicyclic) bond motifs is 3. The van der Waals surface area contributed by atoms with Crippen molar-refractivity contribution in [1.82, 2.24) is 4.98 Å². The quantitative estimate of drug-likeness (QED) is 0.835. The van der Waals surface area contributed by atoms with E-state index < -0.39 is 0 Å². The number of hydrogen-bond acceptors (Lipinski definition) is 5. The second kappa shape index (κ2) is 4.45. The number of carbonyl (C=O) groups is 2. The molecule has 2 aromatic rings. The third-order valence-electron chi connectivity index (χ3n) is 3.24. The lowest BCUT2D eigenvalue weighted by Gasteiger charge is -2.17. The first-order chi connectivity index (χ1) is 9.67. The molecule has 1 aromatic heterocycles. The molecule has 0 N–H and O–H groups in total. The van der Waals surface area contributed by atoms with E-state index >= 15 is 0 Å². The van der Waals surface area contributed by atoms with Gasteiger partial charge in [-0.05, 0) is 6.07 Å². The molecule has 1 heterocycles. The number of carbonyl (C=O) groups excluding carboxylic acids is 2. The monoisotopic (exact) mass is 269 g/mol. The lowest BCUT2D eigenvalue weighted by atomic mass is 9.93. The molecule has 0 radical (unpaired) electrons. The summed E-state index contributed by atoms with van der Waals surface area (Å²) in [5, 5.41) is 1.32. The number of pyridine rings is 1. The zero-order valence-electron chi connectivity index (χ0n) is 11.0. The van der Waals surface area contributed by atoms with E-state index in [2.05, 4.69) is 4.98 Å². The molecule has 0 atom stereocenters. The normalized spacial score (nSPS) is 14.0. The van der Waals surface area contributed by atoms with E-state index in [1.54, 1.807) is 18.2 Å². The number of benzene rings is 1. The standard InChI is InChI=1S/C15H11NO4/c1-19-11-7-10(17)13-12(14(11)18)8-5-3-4-6-9(8)15(16-13)20-2/h3-7H,1-2H3. The fourth-order valence-corrected chi connectivity index (χ4v) is 2.32. The second-order valence-electron chi connectivity index (χ2n) is 4.30. The number of hydrogen-bond donors (Lipinski definition) is 0. The Bertz CT molecular complexity index is 777. The largest absolute Gasteiger partial charge is 0.492 e. The van der Waals surface area contributed by atoms with Crippen LogP contribution in [0.2, 0.25) is 0 Å². The number of methoxy groups -OCH3 is 2. The van der Waals surface area contributed by atoms with Crippen LogP contribution < -0.4 is 4.74 Å². The van der Waals surface area contributed by atoms with Gasteiger partial charge in [0.15, 0.2) is 5.76 Å². The Morgan fingerprint density at radius 3 is 2.35 bits per heavy atom. The first-order valence-electron chi connectivity index (χ1n) is 5.98. The maximum Gasteiger partial charge on any atom is 0.230 e. The highest BCUT2D eigenvalue weighted by Gasteiger charge is 2.31. The van der Waals surface area contributed by atoms with Crippen LogP contribution >= 0.6 is 0 Å². The smallest absolute Gasteiger partial charge is 0.230 e. The Hall–Kier alpha value is -2.69. The minimum Gasteiger partial charge on any atom is -0.492 e. The Balaban J connectivity index is 2.42. The molecule has 20 heavy (non-hydrogen) atoms. The van der Waals surface area contributed by atoms with Crippen molar-refractivity contribution in [3.8, 4) is 5.88 Å². The minimum atomic E-state index is -0.361. The zero-order valence-corrected chi connectivity index (χ0v) is 11.0. The lowest BCUT2D eigenvalue weighted by Crippen LogP contribution is -2.20. The van der Waals surface area contributed by atoms with Crippen molar-refractivity contribution in [2.45, 2.75) is 0 Å². The number of Topliss-reactive ketones (excluding diaryl/α,β-unsaturated/α-hetero) is 1. The van der Waals surface area contributed by atoms with Crippen molar-refractivity contribution in [3.63, 3.8) is 0 Å². The summed E-state index contributed by atoms with van der Waals surface area (Å²) in [7, 11) is 2.84. The predicted octanol–water partition coefficient (Wildman–Crippen LogP) is 2.15. The molecular formula is C15H11NO4. The third-order valence-corrected chi connectivity index (χ3v) is 3.24. The third kappa shape index (κ3) is 1.60. The average Bonchev–Trinajstić information content (AvgIpc) is 2.49. The van der Waals surface area contributed by atoms with Gasteiger partial charge in [-0.3, -0.25) is 9.59 Å². The van der Waals surface area contributed by atoms with Crippen molar-refractivity contribution in [1.29, 1.82) is 0 Å². The molecule has 5 nitrogen and oxygen atoms in total. The molecule has 5 heteroatoms. The fourth-order valence-electron chi connectivity index (χ4n) is 2.32. The van der Waals surface area contributed by atoms with E-state index in [1.165, 1.54) is 14.2 Å². The molecule has 0 spiro atoms. The first-order valence-corrected chi connectivity index (χ1v) is 5.98. The van der Waals surface area contributed by atoms with Crippen molar-refractivity contribution < 1.29 is 19.1 Å². The lowest BCUT2D eigenvalue weighted by molar-refractivity contribution is 0.0915. The minimum absolute atomic E-state index is 0.0274. The Kier molecular flexibility index (Phi) is 2.75. The maximum atomic E-state index is 12.4. The van der Waals surface area contributed by atoms with Crippen LogP contribution in [0, 0.1) is 0 Å². The van der Waals surface area contributed by atoms with Gasteiger partial charge in [-0.15, -0.1) is 0 Å². The van der Waals surface area contributed by atoms with Crippen LogP contribution in [0.25, 0.3) is 10.8 Å². The van der Waals surface area contributed by atoms with Crippen molar-refractivity contribution in [2.75, 3.05) is 14.2 Å². The Morgan fingerprint density at radius 2 is 1.70 bits per heavy atom. The van der Waals surface area contributed by atoms with E-state index in [0.29, 0.717) is 16.7 Å². The highest BCUT2D eigenvalue weighted by atomic mass is 16.5. The van der Waals surface area contributed by atoms with Crippen molar-refractivity contribution in [2.24, 2.45) is 0 Å². The summed E-state index contributed by atoms with van der Waals surface area (Å²) in [6, 6.07) is 7.18. The summed E-state index contributed by atoms with van der Waals surface area (Å²) < 4.78 is 10.2. The highest BCUT2D eigenvalue weighted by Crippen LogP contribution is 2.32. The van der Waals surface area contributed by atoms with E-state index in [4.69, 9.17) is 9.47 Å². The van der Waals surface area contributed by atoms with Gasteiger partial charge in [0.05, 0.1) is 19.8 Å². The predicted molar refractivity (Wildman–Crippen MR) is 72.0 cm³/mol. The molecule has 0 bridgehead atoms. The Labute approximate surface area is 114 Å². The number of allylic oxidation sites excluding steroid dienone is 2. The molecule has 1 aliphatic carbocycles. The van der Waals surface area contributed by atoms with Gasteiger partial charge in [0.2, 0.25) is 17.4 Å². The molecule has 3 rings (SSSR count). The van der Waals surface area contributed by atoms with Crippen LogP contribution in [-0.2, 0) is 4.74 Å². The molecule has 0 saturated carbocycles. The zero-order chi connectivity index (χ0) is 14.3. The van der Waals surface area contributed by atoms with Gasteiger partial charge in [-0.25, -0.2) is 4.98 Å². The highest BCUT2D eigenvalue weighted by molar-refractivity contribution is 6.27.